The van der Waals surface area contributed by atoms with E-state index in [2.05, 4.69) is 38.3 Å². The zero-order chi connectivity index (χ0) is 19.6. The fourth-order valence-corrected chi connectivity index (χ4v) is 2.83. The molecule has 2 nitrogen and oxygen atoms in total. The summed E-state index contributed by atoms with van der Waals surface area (Å²) in [5, 5.41) is 9.03. The minimum atomic E-state index is 0. The maximum atomic E-state index is 4.51. The molecule has 0 aliphatic carbocycles. The molecular weight excluding hydrogens is 435 g/mol. The van der Waals surface area contributed by atoms with E-state index >= 15 is 0 Å². The molecule has 0 aliphatic rings. The van der Waals surface area contributed by atoms with Gasteiger partial charge in [0.05, 0.1) is 0 Å². The van der Waals surface area contributed by atoms with Gasteiger partial charge in [0.25, 0.3) is 0 Å². The molecule has 0 amide bonds. The summed E-state index contributed by atoms with van der Waals surface area (Å²) in [6.45, 7) is 13.4. The molecule has 0 atom stereocenters. The first-order valence-electron chi connectivity index (χ1n) is 12.1. The van der Waals surface area contributed by atoms with E-state index in [0.717, 1.165) is 26.2 Å². The summed E-state index contributed by atoms with van der Waals surface area (Å²) >= 11 is 0. The second-order valence-electron chi connectivity index (χ2n) is 7.58. The average molecular weight is 489 g/mol. The minimum Gasteiger partial charge on any atom is -0.662 e. The van der Waals surface area contributed by atoms with E-state index < -0.39 is 0 Å². The molecular formula is C24H54Cl2N2Ti. The van der Waals surface area contributed by atoms with Crippen LogP contribution in [0.25, 0.3) is 10.6 Å². The van der Waals surface area contributed by atoms with Gasteiger partial charge in [0.1, 0.15) is 0 Å². The number of hydrogen-bond donors (Lipinski definition) is 0. The predicted molar refractivity (Wildman–Crippen MR) is 137 cm³/mol. The van der Waals surface area contributed by atoms with Crippen molar-refractivity contribution in [2.75, 3.05) is 26.2 Å². The summed E-state index contributed by atoms with van der Waals surface area (Å²) in [5.41, 5.74) is 0. The van der Waals surface area contributed by atoms with Gasteiger partial charge in [-0.1, -0.05) is 130 Å². The fraction of sp³-hybridized carbons (Fsp3) is 1.00. The standard InChI is InChI=1S/2C12H26N.2ClH.Ti/c2*1-3-5-7-9-11-13-12-10-8-6-4-2;;;/h2*3-12H2,1-2H3;2*1H;/q2*-1;;;+2. The van der Waals surface area contributed by atoms with Crippen LogP contribution in [0.4, 0.5) is 0 Å². The Morgan fingerprint density at radius 1 is 0.345 bits per heavy atom. The molecule has 0 saturated heterocycles. The van der Waals surface area contributed by atoms with Crippen LogP contribution in [0.15, 0.2) is 0 Å². The molecule has 0 rings (SSSR count). The molecule has 0 aromatic heterocycles. The first-order chi connectivity index (χ1) is 12.8. The van der Waals surface area contributed by atoms with Crippen molar-refractivity contribution >= 4 is 24.8 Å². The van der Waals surface area contributed by atoms with Crippen LogP contribution < -0.4 is 0 Å². The first kappa shape index (κ1) is 40.6. The van der Waals surface area contributed by atoms with Crippen molar-refractivity contribution in [3.8, 4) is 0 Å². The largest absolute Gasteiger partial charge is 2.00 e. The van der Waals surface area contributed by atoms with Crippen molar-refractivity contribution in [3.63, 3.8) is 0 Å². The van der Waals surface area contributed by atoms with Crippen LogP contribution >= 0.6 is 24.8 Å². The van der Waals surface area contributed by atoms with Gasteiger partial charge in [-0.15, -0.1) is 51.0 Å². The Hall–Kier alpha value is 1.21. The molecule has 0 unspecified atom stereocenters. The van der Waals surface area contributed by atoms with E-state index in [-0.39, 0.29) is 46.5 Å². The second kappa shape index (κ2) is 43.2. The maximum absolute atomic E-state index is 4.51. The number of hydrogen-bond acceptors (Lipinski definition) is 0. The van der Waals surface area contributed by atoms with Crippen LogP contribution in [0.2, 0.25) is 0 Å². The number of rotatable bonds is 20. The molecule has 0 aliphatic heterocycles. The second-order valence-corrected chi connectivity index (χ2v) is 7.58. The summed E-state index contributed by atoms with van der Waals surface area (Å²) in [6.07, 6.45) is 21.5. The van der Waals surface area contributed by atoms with E-state index in [4.69, 9.17) is 0 Å². The molecule has 0 heterocycles. The zero-order valence-electron chi connectivity index (χ0n) is 20.4. The molecule has 0 radical (unpaired) electrons. The van der Waals surface area contributed by atoms with Gasteiger partial charge in [-0.05, 0) is 0 Å². The predicted octanol–water partition coefficient (Wildman–Crippen LogP) is 9.88. The van der Waals surface area contributed by atoms with Crippen LogP contribution in [-0.4, -0.2) is 26.2 Å². The number of nitrogens with zero attached hydrogens (tertiary/aromatic N) is 2. The Morgan fingerprint density at radius 2 is 0.552 bits per heavy atom. The van der Waals surface area contributed by atoms with Gasteiger partial charge >= 0.3 is 21.7 Å². The van der Waals surface area contributed by atoms with Crippen LogP contribution in [-0.2, 0) is 21.7 Å². The topological polar surface area (TPSA) is 28.2 Å². The van der Waals surface area contributed by atoms with Gasteiger partial charge in [-0.25, -0.2) is 0 Å². The van der Waals surface area contributed by atoms with Crippen LogP contribution in [0.5, 0.6) is 0 Å². The van der Waals surface area contributed by atoms with Crippen molar-refractivity contribution in [3.05, 3.63) is 10.6 Å². The van der Waals surface area contributed by atoms with Crippen molar-refractivity contribution in [2.24, 2.45) is 0 Å². The molecule has 0 N–H and O–H groups in total. The summed E-state index contributed by atoms with van der Waals surface area (Å²) < 4.78 is 0. The van der Waals surface area contributed by atoms with Crippen molar-refractivity contribution in [2.45, 2.75) is 130 Å². The molecule has 0 spiro atoms. The third-order valence-electron chi connectivity index (χ3n) is 4.68. The molecule has 0 bridgehead atoms. The fourth-order valence-electron chi connectivity index (χ4n) is 2.83. The third kappa shape index (κ3) is 48.1. The van der Waals surface area contributed by atoms with E-state index in [1.807, 2.05) is 0 Å². The van der Waals surface area contributed by atoms with Gasteiger partial charge in [0, 0.05) is 0 Å². The molecule has 0 aromatic carbocycles. The quantitative estimate of drug-likeness (QED) is 0.120. The molecule has 0 saturated carbocycles. The maximum Gasteiger partial charge on any atom is 2.00 e. The number of unbranched alkanes of at least 4 members (excludes halogenated alkanes) is 12. The average Bonchev–Trinajstić information content (AvgIpc) is 2.66. The van der Waals surface area contributed by atoms with Gasteiger partial charge in [-0.2, -0.15) is 0 Å². The van der Waals surface area contributed by atoms with Crippen molar-refractivity contribution in [1.29, 1.82) is 0 Å². The zero-order valence-corrected chi connectivity index (χ0v) is 23.5. The summed E-state index contributed by atoms with van der Waals surface area (Å²) in [6, 6.07) is 0. The Kier molecular flexibility index (Phi) is 60.4. The Bertz CT molecular complexity index is 181. The van der Waals surface area contributed by atoms with E-state index in [1.54, 1.807) is 0 Å². The van der Waals surface area contributed by atoms with E-state index in [9.17, 15) is 0 Å². The first-order valence-corrected chi connectivity index (χ1v) is 12.1. The van der Waals surface area contributed by atoms with Gasteiger partial charge in [-0.3, -0.25) is 0 Å². The van der Waals surface area contributed by atoms with Gasteiger partial charge < -0.3 is 10.6 Å². The minimum absolute atomic E-state index is 0. The number of halogens is 2. The molecule has 0 fully saturated rings. The molecule has 0 aromatic rings. The summed E-state index contributed by atoms with van der Waals surface area (Å²) in [5.74, 6) is 0. The third-order valence-corrected chi connectivity index (χ3v) is 4.68. The summed E-state index contributed by atoms with van der Waals surface area (Å²) in [7, 11) is 0. The normalized spacial score (nSPS) is 9.52. The molecule has 29 heavy (non-hydrogen) atoms. The van der Waals surface area contributed by atoms with Crippen molar-refractivity contribution < 1.29 is 21.7 Å². The van der Waals surface area contributed by atoms with Crippen LogP contribution in [0.3, 0.4) is 0 Å². The Morgan fingerprint density at radius 3 is 0.724 bits per heavy atom. The van der Waals surface area contributed by atoms with Crippen LogP contribution in [0, 0.1) is 0 Å². The monoisotopic (exact) mass is 488 g/mol. The molecule has 5 heteroatoms. The smallest absolute Gasteiger partial charge is 0.662 e. The molecule has 178 valence electrons. The SMILES string of the molecule is CCCCCC[N-]CCCCCC.CCCCCC[N-]CCCCCC.Cl.Cl.[Ti+2]. The Balaban J connectivity index is -0.000000120. The van der Waals surface area contributed by atoms with Gasteiger partial charge in [0.2, 0.25) is 0 Å². The van der Waals surface area contributed by atoms with E-state index in [0.29, 0.717) is 0 Å². The Labute approximate surface area is 213 Å². The van der Waals surface area contributed by atoms with Crippen LogP contribution in [0.1, 0.15) is 130 Å². The van der Waals surface area contributed by atoms with Gasteiger partial charge in [0.15, 0.2) is 0 Å². The van der Waals surface area contributed by atoms with Crippen molar-refractivity contribution in [1.82, 2.24) is 0 Å². The van der Waals surface area contributed by atoms with E-state index in [1.165, 1.54) is 103 Å². The summed E-state index contributed by atoms with van der Waals surface area (Å²) in [4.78, 5) is 0.